The highest BCUT2D eigenvalue weighted by Gasteiger charge is 2.33. The number of nitrogens with zero attached hydrogens (tertiary/aromatic N) is 1. The lowest BCUT2D eigenvalue weighted by molar-refractivity contribution is -0.149. The quantitative estimate of drug-likeness (QED) is 0.715. The van der Waals surface area contributed by atoms with E-state index in [-0.39, 0.29) is 30.3 Å². The van der Waals surface area contributed by atoms with Crippen molar-refractivity contribution in [2.75, 3.05) is 13.6 Å². The molecule has 3 unspecified atom stereocenters. The molecule has 1 aliphatic heterocycles. The number of hydrazine groups is 1. The third-order valence-corrected chi connectivity index (χ3v) is 4.60. The second kappa shape index (κ2) is 7.78. The lowest BCUT2D eigenvalue weighted by Gasteiger charge is -2.35. The minimum atomic E-state index is -0.309. The number of amides is 1. The number of ether oxygens (including phenoxy) is 2. The maximum atomic E-state index is 11.5. The van der Waals surface area contributed by atoms with Crippen LogP contribution in [0.15, 0.2) is 0 Å². The molecule has 0 aromatic heterocycles. The van der Waals surface area contributed by atoms with Gasteiger partial charge in [0, 0.05) is 20.0 Å². The highest BCUT2D eigenvalue weighted by atomic mass is 16.6. The van der Waals surface area contributed by atoms with Crippen LogP contribution in [0.25, 0.3) is 0 Å². The van der Waals surface area contributed by atoms with E-state index in [1.807, 2.05) is 0 Å². The van der Waals surface area contributed by atoms with Gasteiger partial charge in [-0.15, -0.1) is 0 Å². The average Bonchev–Trinajstić information content (AvgIpc) is 2.82. The Labute approximate surface area is 131 Å². The zero-order valence-corrected chi connectivity index (χ0v) is 13.4. The maximum absolute atomic E-state index is 11.5. The van der Waals surface area contributed by atoms with Gasteiger partial charge in [-0.2, -0.15) is 0 Å². The van der Waals surface area contributed by atoms with Gasteiger partial charge in [-0.05, 0) is 44.4 Å². The summed E-state index contributed by atoms with van der Waals surface area (Å²) < 4.78 is 10.6. The molecule has 2 fully saturated rings. The van der Waals surface area contributed by atoms with E-state index >= 15 is 0 Å². The first-order chi connectivity index (χ1) is 10.5. The van der Waals surface area contributed by atoms with Crippen molar-refractivity contribution in [2.24, 2.45) is 11.7 Å². The van der Waals surface area contributed by atoms with Crippen LogP contribution in [-0.2, 0) is 14.3 Å². The van der Waals surface area contributed by atoms with E-state index in [4.69, 9.17) is 15.2 Å². The van der Waals surface area contributed by atoms with Crippen LogP contribution >= 0.6 is 0 Å². The average molecular weight is 313 g/mol. The molecule has 4 atom stereocenters. The Morgan fingerprint density at radius 1 is 1.45 bits per heavy atom. The summed E-state index contributed by atoms with van der Waals surface area (Å²) in [4.78, 5) is 22.6. The predicted molar refractivity (Wildman–Crippen MR) is 80.8 cm³/mol. The number of nitrogens with two attached hydrogens (primary N) is 1. The number of carbonyl (C=O) groups is 2. The summed E-state index contributed by atoms with van der Waals surface area (Å²) in [6.07, 6.45) is 5.24. The summed E-state index contributed by atoms with van der Waals surface area (Å²) in [6.45, 7) is 2.01. The van der Waals surface area contributed by atoms with Gasteiger partial charge in [0.1, 0.15) is 12.2 Å². The molecule has 1 heterocycles. The molecule has 0 radical (unpaired) electrons. The molecule has 0 aromatic rings. The molecule has 0 aromatic carbocycles. The molecule has 2 aliphatic rings. The maximum Gasteiger partial charge on any atom is 0.424 e. The molecule has 1 saturated carbocycles. The van der Waals surface area contributed by atoms with E-state index in [1.54, 1.807) is 7.05 Å². The van der Waals surface area contributed by atoms with Gasteiger partial charge in [0.05, 0.1) is 6.54 Å². The molecular weight excluding hydrogens is 286 g/mol. The van der Waals surface area contributed by atoms with Crippen molar-refractivity contribution in [3.63, 3.8) is 0 Å². The van der Waals surface area contributed by atoms with Gasteiger partial charge < -0.3 is 15.2 Å². The minimum Gasteiger partial charge on any atom is -0.461 e. The Morgan fingerprint density at radius 3 is 2.86 bits per heavy atom. The summed E-state index contributed by atoms with van der Waals surface area (Å²) in [6, 6.07) is -0.0856. The number of cyclic esters (lactones) is 1. The second-order valence-electron chi connectivity index (χ2n) is 6.19. The summed E-state index contributed by atoms with van der Waals surface area (Å²) in [7, 11) is 1.71. The molecule has 1 saturated heterocycles. The van der Waals surface area contributed by atoms with Crippen LogP contribution < -0.4 is 11.2 Å². The zero-order valence-electron chi connectivity index (χ0n) is 13.4. The van der Waals surface area contributed by atoms with Crippen molar-refractivity contribution in [1.29, 1.82) is 0 Å². The number of rotatable bonds is 6. The van der Waals surface area contributed by atoms with Crippen molar-refractivity contribution in [1.82, 2.24) is 10.4 Å². The van der Waals surface area contributed by atoms with Crippen molar-refractivity contribution in [3.8, 4) is 0 Å². The lowest BCUT2D eigenvalue weighted by Crippen LogP contribution is -2.46. The van der Waals surface area contributed by atoms with E-state index in [2.05, 4.69) is 5.43 Å². The lowest BCUT2D eigenvalue weighted by atomic mass is 9.80. The molecule has 1 amide bonds. The van der Waals surface area contributed by atoms with Gasteiger partial charge in [-0.3, -0.25) is 4.79 Å². The molecule has 0 spiro atoms. The second-order valence-corrected chi connectivity index (χ2v) is 6.19. The summed E-state index contributed by atoms with van der Waals surface area (Å²) >= 11 is 0. The molecule has 3 N–H and O–H groups in total. The predicted octanol–water partition coefficient (Wildman–Crippen LogP) is 1.17. The number of hydrogen-bond donors (Lipinski definition) is 2. The van der Waals surface area contributed by atoms with Crippen molar-refractivity contribution in [3.05, 3.63) is 0 Å². The first kappa shape index (κ1) is 17.0. The fraction of sp³-hybridized carbons (Fsp3) is 0.867. The molecule has 7 heteroatoms. The van der Waals surface area contributed by atoms with Gasteiger partial charge in [-0.1, -0.05) is 0 Å². The standard InChI is InChI=1S/C15H27N3O4/c1-10(19)21-13-8-4-6-11(14(13)16)5-3-7-12-9-18(17-2)15(20)22-12/h11-14,17H,3-9,16H2,1-2H3/t11?,12-,13?,14?/m0/s1. The topological polar surface area (TPSA) is 93.9 Å². The van der Waals surface area contributed by atoms with E-state index in [9.17, 15) is 9.59 Å². The van der Waals surface area contributed by atoms with Crippen LogP contribution in [0.5, 0.6) is 0 Å². The Balaban J connectivity index is 1.72. The van der Waals surface area contributed by atoms with Crippen LogP contribution in [0.2, 0.25) is 0 Å². The Hall–Kier alpha value is -1.34. The van der Waals surface area contributed by atoms with E-state index in [1.165, 1.54) is 11.9 Å². The van der Waals surface area contributed by atoms with Gasteiger partial charge in [-0.25, -0.2) is 15.2 Å². The number of carbonyl (C=O) groups excluding carboxylic acids is 2. The molecule has 22 heavy (non-hydrogen) atoms. The minimum absolute atomic E-state index is 0.0518. The van der Waals surface area contributed by atoms with Crippen LogP contribution in [0, 0.1) is 5.92 Å². The molecule has 126 valence electrons. The highest BCUT2D eigenvalue weighted by molar-refractivity contribution is 5.69. The van der Waals surface area contributed by atoms with E-state index in [0.29, 0.717) is 12.5 Å². The largest absolute Gasteiger partial charge is 0.461 e. The Morgan fingerprint density at radius 2 is 2.23 bits per heavy atom. The van der Waals surface area contributed by atoms with E-state index in [0.717, 1.165) is 38.5 Å². The molecule has 0 bridgehead atoms. The summed E-state index contributed by atoms with van der Waals surface area (Å²) in [5.74, 6) is 0.113. The zero-order chi connectivity index (χ0) is 16.1. The highest BCUT2D eigenvalue weighted by Crippen LogP contribution is 2.30. The van der Waals surface area contributed by atoms with Gasteiger partial charge >= 0.3 is 12.1 Å². The van der Waals surface area contributed by atoms with E-state index < -0.39 is 0 Å². The van der Waals surface area contributed by atoms with Crippen molar-refractivity contribution < 1.29 is 19.1 Å². The smallest absolute Gasteiger partial charge is 0.424 e. The monoisotopic (exact) mass is 313 g/mol. The molecule has 1 aliphatic carbocycles. The number of esters is 1. The Kier molecular flexibility index (Phi) is 6.02. The van der Waals surface area contributed by atoms with Crippen LogP contribution in [0.1, 0.15) is 45.4 Å². The molecule has 7 nitrogen and oxygen atoms in total. The molecule has 2 rings (SSSR count). The SMILES string of the molecule is CNN1C[C@H](CCCC2CCCC(OC(C)=O)C2N)OC1=O. The summed E-state index contributed by atoms with van der Waals surface area (Å²) in [5.41, 5.74) is 9.06. The third kappa shape index (κ3) is 4.33. The van der Waals surface area contributed by atoms with Crippen molar-refractivity contribution >= 4 is 12.1 Å². The van der Waals surface area contributed by atoms with Crippen LogP contribution in [0.4, 0.5) is 4.79 Å². The van der Waals surface area contributed by atoms with Crippen LogP contribution in [0.3, 0.4) is 0 Å². The van der Waals surface area contributed by atoms with Gasteiger partial charge in [0.15, 0.2) is 0 Å². The number of hydrogen-bond acceptors (Lipinski definition) is 6. The van der Waals surface area contributed by atoms with Crippen molar-refractivity contribution in [2.45, 2.75) is 63.7 Å². The molecular formula is C15H27N3O4. The first-order valence-corrected chi connectivity index (χ1v) is 8.09. The van der Waals surface area contributed by atoms with Crippen LogP contribution in [-0.4, -0.2) is 48.9 Å². The van der Waals surface area contributed by atoms with Gasteiger partial charge in [0.2, 0.25) is 0 Å². The Bertz CT molecular complexity index is 404. The fourth-order valence-corrected chi connectivity index (χ4v) is 3.42. The fourth-order valence-electron chi connectivity index (χ4n) is 3.42. The van der Waals surface area contributed by atoms with Gasteiger partial charge in [0.25, 0.3) is 0 Å². The summed E-state index contributed by atoms with van der Waals surface area (Å²) in [5, 5.41) is 1.48. The normalized spacial score (nSPS) is 32.0. The first-order valence-electron chi connectivity index (χ1n) is 8.09. The number of nitrogens with one attached hydrogen (secondary N) is 1. The third-order valence-electron chi connectivity index (χ3n) is 4.60.